The highest BCUT2D eigenvalue weighted by Crippen LogP contribution is 2.25. The number of nitrogens with zero attached hydrogens (tertiary/aromatic N) is 4. The SMILES string of the molecule is Cc1ccc(C)c(OCc2nnc(SCc3nc(-c4ccccc4C)no3)o2)c1. The predicted octanol–water partition coefficient (Wildman–Crippen LogP) is 4.92. The van der Waals surface area contributed by atoms with E-state index in [1.807, 2.05) is 63.2 Å². The molecule has 0 spiro atoms. The topological polar surface area (TPSA) is 87.1 Å². The van der Waals surface area contributed by atoms with Gasteiger partial charge in [-0.05, 0) is 43.5 Å². The molecule has 0 aliphatic heterocycles. The summed E-state index contributed by atoms with van der Waals surface area (Å²) >= 11 is 1.34. The Kier molecular flexibility index (Phi) is 5.62. The zero-order valence-corrected chi connectivity index (χ0v) is 17.2. The molecule has 0 aliphatic rings. The van der Waals surface area contributed by atoms with Crippen molar-refractivity contribution >= 4 is 11.8 Å². The van der Waals surface area contributed by atoms with Gasteiger partial charge in [-0.15, -0.1) is 10.2 Å². The Balaban J connectivity index is 1.34. The molecule has 4 aromatic rings. The molecule has 0 N–H and O–H groups in total. The van der Waals surface area contributed by atoms with E-state index in [0.717, 1.165) is 28.0 Å². The predicted molar refractivity (Wildman–Crippen MR) is 109 cm³/mol. The molecule has 0 radical (unpaired) electrons. The maximum absolute atomic E-state index is 5.80. The fourth-order valence-electron chi connectivity index (χ4n) is 2.73. The van der Waals surface area contributed by atoms with Gasteiger partial charge in [-0.2, -0.15) is 4.98 Å². The highest BCUT2D eigenvalue weighted by molar-refractivity contribution is 7.98. The Morgan fingerprint density at radius 2 is 1.83 bits per heavy atom. The Bertz CT molecular complexity index is 1120. The molecule has 8 heteroatoms. The van der Waals surface area contributed by atoms with E-state index in [1.54, 1.807) is 0 Å². The third kappa shape index (κ3) is 4.65. The highest BCUT2D eigenvalue weighted by Gasteiger charge is 2.13. The van der Waals surface area contributed by atoms with Crippen molar-refractivity contribution in [1.29, 1.82) is 0 Å². The summed E-state index contributed by atoms with van der Waals surface area (Å²) in [5.41, 5.74) is 4.25. The van der Waals surface area contributed by atoms with Crippen LogP contribution in [0.15, 0.2) is 56.6 Å². The van der Waals surface area contributed by atoms with Crippen molar-refractivity contribution in [1.82, 2.24) is 20.3 Å². The van der Waals surface area contributed by atoms with Crippen molar-refractivity contribution in [2.24, 2.45) is 0 Å². The molecule has 0 atom stereocenters. The largest absolute Gasteiger partial charge is 0.484 e. The van der Waals surface area contributed by atoms with Crippen LogP contribution in [-0.4, -0.2) is 20.3 Å². The van der Waals surface area contributed by atoms with Crippen molar-refractivity contribution < 1.29 is 13.7 Å². The second kappa shape index (κ2) is 8.48. The van der Waals surface area contributed by atoms with Gasteiger partial charge in [0.05, 0.1) is 5.75 Å². The number of rotatable bonds is 7. The molecule has 2 heterocycles. The summed E-state index contributed by atoms with van der Waals surface area (Å²) in [7, 11) is 0. The second-order valence-corrected chi connectivity index (χ2v) is 7.56. The summed E-state index contributed by atoms with van der Waals surface area (Å²) < 4.78 is 16.8. The fourth-order valence-corrected chi connectivity index (χ4v) is 3.35. The minimum absolute atomic E-state index is 0.218. The van der Waals surface area contributed by atoms with E-state index in [0.29, 0.717) is 28.6 Å². The molecule has 0 saturated carbocycles. The van der Waals surface area contributed by atoms with Gasteiger partial charge in [-0.3, -0.25) is 0 Å². The van der Waals surface area contributed by atoms with Gasteiger partial charge in [0.25, 0.3) is 11.1 Å². The molecule has 29 heavy (non-hydrogen) atoms. The Morgan fingerprint density at radius 3 is 2.69 bits per heavy atom. The van der Waals surface area contributed by atoms with E-state index in [1.165, 1.54) is 11.8 Å². The summed E-state index contributed by atoms with van der Waals surface area (Å²) in [5, 5.41) is 12.6. The number of aryl methyl sites for hydroxylation is 3. The van der Waals surface area contributed by atoms with Gasteiger partial charge in [-0.1, -0.05) is 53.3 Å². The smallest absolute Gasteiger partial charge is 0.277 e. The molecule has 0 saturated heterocycles. The van der Waals surface area contributed by atoms with Crippen molar-refractivity contribution in [3.63, 3.8) is 0 Å². The van der Waals surface area contributed by atoms with Crippen molar-refractivity contribution in [2.75, 3.05) is 0 Å². The Labute approximate surface area is 172 Å². The van der Waals surface area contributed by atoms with Crippen LogP contribution in [0.2, 0.25) is 0 Å². The lowest BCUT2D eigenvalue weighted by atomic mass is 10.1. The Morgan fingerprint density at radius 1 is 0.966 bits per heavy atom. The molecule has 2 aromatic carbocycles. The minimum atomic E-state index is 0.218. The third-order valence-electron chi connectivity index (χ3n) is 4.32. The molecule has 0 unspecified atom stereocenters. The van der Waals surface area contributed by atoms with Gasteiger partial charge in [0.2, 0.25) is 11.7 Å². The first kappa shape index (κ1) is 19.2. The van der Waals surface area contributed by atoms with Crippen molar-refractivity contribution in [3.8, 4) is 17.1 Å². The van der Waals surface area contributed by atoms with E-state index >= 15 is 0 Å². The lowest BCUT2D eigenvalue weighted by Crippen LogP contribution is -1.97. The van der Waals surface area contributed by atoms with E-state index in [2.05, 4.69) is 20.3 Å². The van der Waals surface area contributed by atoms with Gasteiger partial charge in [-0.25, -0.2) is 0 Å². The minimum Gasteiger partial charge on any atom is -0.484 e. The van der Waals surface area contributed by atoms with Gasteiger partial charge >= 0.3 is 0 Å². The lowest BCUT2D eigenvalue weighted by molar-refractivity contribution is 0.250. The molecular weight excluding hydrogens is 388 g/mol. The number of aromatic nitrogens is 4. The zero-order chi connectivity index (χ0) is 20.2. The number of ether oxygens (including phenoxy) is 1. The maximum Gasteiger partial charge on any atom is 0.277 e. The first-order valence-corrected chi connectivity index (χ1v) is 10.1. The number of hydrogen-bond donors (Lipinski definition) is 0. The van der Waals surface area contributed by atoms with Crippen molar-refractivity contribution in [3.05, 3.63) is 70.9 Å². The van der Waals surface area contributed by atoms with Gasteiger partial charge in [0.1, 0.15) is 5.75 Å². The zero-order valence-electron chi connectivity index (χ0n) is 16.4. The van der Waals surface area contributed by atoms with E-state index < -0.39 is 0 Å². The third-order valence-corrected chi connectivity index (χ3v) is 5.12. The summed E-state index contributed by atoms with van der Waals surface area (Å²) in [6.07, 6.45) is 0. The standard InChI is InChI=1S/C21H20N4O3S/c1-13-8-9-15(3)17(10-13)26-11-18-23-24-21(27-18)29-12-19-22-20(25-28-19)16-7-5-4-6-14(16)2/h4-10H,11-12H2,1-3H3. The van der Waals surface area contributed by atoms with Crippen LogP contribution in [0.5, 0.6) is 5.75 Å². The van der Waals surface area contributed by atoms with Crippen LogP contribution >= 0.6 is 11.8 Å². The quantitative estimate of drug-likeness (QED) is 0.398. The molecular formula is C21H20N4O3S. The number of hydrogen-bond acceptors (Lipinski definition) is 8. The van der Waals surface area contributed by atoms with Crippen LogP contribution in [0.25, 0.3) is 11.4 Å². The highest BCUT2D eigenvalue weighted by atomic mass is 32.2. The fraction of sp³-hybridized carbons (Fsp3) is 0.238. The Hall–Kier alpha value is -3.13. The molecule has 7 nitrogen and oxygen atoms in total. The summed E-state index contributed by atoms with van der Waals surface area (Å²) in [6.45, 7) is 6.26. The molecule has 0 amide bonds. The van der Waals surface area contributed by atoms with Crippen molar-refractivity contribution in [2.45, 2.75) is 38.4 Å². The first-order valence-electron chi connectivity index (χ1n) is 9.12. The maximum atomic E-state index is 5.80. The van der Waals surface area contributed by atoms with Crippen LogP contribution in [-0.2, 0) is 12.4 Å². The first-order chi connectivity index (χ1) is 14.1. The normalized spacial score (nSPS) is 11.0. The average Bonchev–Trinajstić information content (AvgIpc) is 3.37. The summed E-state index contributed by atoms with van der Waals surface area (Å²) in [6, 6.07) is 14.0. The van der Waals surface area contributed by atoms with Gasteiger partial charge < -0.3 is 13.7 Å². The van der Waals surface area contributed by atoms with Crippen LogP contribution in [0.4, 0.5) is 0 Å². The monoisotopic (exact) mass is 408 g/mol. The van der Waals surface area contributed by atoms with E-state index in [-0.39, 0.29) is 6.61 Å². The number of thioether (sulfide) groups is 1. The van der Waals surface area contributed by atoms with Crippen LogP contribution in [0.3, 0.4) is 0 Å². The average molecular weight is 408 g/mol. The molecule has 148 valence electrons. The van der Waals surface area contributed by atoms with Gasteiger partial charge in [0, 0.05) is 5.56 Å². The molecule has 0 fully saturated rings. The summed E-state index contributed by atoms with van der Waals surface area (Å²) in [5.74, 6) is 2.75. The molecule has 0 aliphatic carbocycles. The lowest BCUT2D eigenvalue weighted by Gasteiger charge is -2.07. The summed E-state index contributed by atoms with van der Waals surface area (Å²) in [4.78, 5) is 4.44. The molecule has 2 aromatic heterocycles. The second-order valence-electron chi connectivity index (χ2n) is 6.63. The van der Waals surface area contributed by atoms with Gasteiger partial charge in [0.15, 0.2) is 6.61 Å². The van der Waals surface area contributed by atoms with Crippen LogP contribution in [0.1, 0.15) is 28.5 Å². The van der Waals surface area contributed by atoms with E-state index in [9.17, 15) is 0 Å². The van der Waals surface area contributed by atoms with E-state index in [4.69, 9.17) is 13.7 Å². The van der Waals surface area contributed by atoms with Crippen LogP contribution < -0.4 is 4.74 Å². The van der Waals surface area contributed by atoms with Crippen LogP contribution in [0, 0.1) is 20.8 Å². The molecule has 0 bridgehead atoms. The molecule has 4 rings (SSSR count). The number of benzene rings is 2.